The second-order valence-electron chi connectivity index (χ2n) is 6.12. The van der Waals surface area contributed by atoms with Crippen molar-refractivity contribution in [2.24, 2.45) is 0 Å². The number of nitrogen functional groups attached to an aromatic ring is 1. The van der Waals surface area contributed by atoms with Crippen molar-refractivity contribution in [3.8, 4) is 0 Å². The number of nitrogens with one attached hydrogen (secondary N) is 1. The molecule has 0 saturated carbocycles. The van der Waals surface area contributed by atoms with Crippen LogP contribution < -0.4 is 10.5 Å². The maximum atomic E-state index is 12.5. The summed E-state index contributed by atoms with van der Waals surface area (Å²) in [7, 11) is 0.210. The quantitative estimate of drug-likeness (QED) is 0.832. The van der Waals surface area contributed by atoms with Gasteiger partial charge in [-0.15, -0.1) is 0 Å². The molecule has 0 radical (unpaired) electrons. The molecule has 0 amide bonds. The lowest BCUT2D eigenvalue weighted by atomic mass is 10.0. The Balaban J connectivity index is 2.18. The number of aryl methyl sites for hydroxylation is 2. The van der Waals surface area contributed by atoms with E-state index in [1.54, 1.807) is 6.92 Å². The lowest BCUT2D eigenvalue weighted by molar-refractivity contribution is 0.299. The molecule has 0 aliphatic carbocycles. The lowest BCUT2D eigenvalue weighted by Crippen LogP contribution is -2.34. The molecule has 0 bridgehead atoms. The van der Waals surface area contributed by atoms with Crippen molar-refractivity contribution in [2.45, 2.75) is 24.8 Å². The molecule has 130 valence electrons. The van der Waals surface area contributed by atoms with E-state index >= 15 is 0 Å². The van der Waals surface area contributed by atoms with Crippen LogP contribution in [0.25, 0.3) is 0 Å². The van der Waals surface area contributed by atoms with Gasteiger partial charge in [0.1, 0.15) is 10.7 Å². The van der Waals surface area contributed by atoms with Crippen LogP contribution in [0.15, 0.2) is 41.4 Å². The second kappa shape index (κ2) is 7.29. The van der Waals surface area contributed by atoms with Crippen LogP contribution in [0.4, 0.5) is 5.82 Å². The highest BCUT2D eigenvalue weighted by Crippen LogP contribution is 2.19. The number of rotatable bonds is 6. The number of hydrogen-bond donors (Lipinski definition) is 2. The predicted octanol–water partition coefficient (Wildman–Crippen LogP) is 1.86. The Kier molecular flexibility index (Phi) is 5.58. The summed E-state index contributed by atoms with van der Waals surface area (Å²) in [6.45, 7) is 4.02. The minimum absolute atomic E-state index is 0.0665. The summed E-state index contributed by atoms with van der Waals surface area (Å²) in [5, 5.41) is 0. The number of hydrogen-bond acceptors (Lipinski definition) is 5. The SMILES string of the molecule is Cc1ccc(C(CNS(=O)(=O)c2cnc(N)c(C)c2)N(C)C)cc1. The fourth-order valence-corrected chi connectivity index (χ4v) is 3.43. The number of benzene rings is 1. The van der Waals surface area contributed by atoms with Crippen molar-refractivity contribution in [3.05, 3.63) is 53.2 Å². The molecular formula is C17H24N4O2S. The number of nitrogens with zero attached hydrogens (tertiary/aromatic N) is 2. The molecule has 0 spiro atoms. The summed E-state index contributed by atoms with van der Waals surface area (Å²) in [5.74, 6) is 0.333. The number of anilines is 1. The number of nitrogens with two attached hydrogens (primary N) is 1. The number of sulfonamides is 1. The molecule has 0 aliphatic heterocycles. The number of likely N-dealkylation sites (N-methyl/N-ethyl adjacent to an activating group) is 1. The first-order valence-corrected chi connectivity index (χ1v) is 9.14. The van der Waals surface area contributed by atoms with Crippen LogP contribution in [0.2, 0.25) is 0 Å². The summed E-state index contributed by atoms with van der Waals surface area (Å²) in [6.07, 6.45) is 1.28. The molecule has 1 unspecified atom stereocenters. The Hall–Kier alpha value is -1.96. The van der Waals surface area contributed by atoms with Gasteiger partial charge >= 0.3 is 0 Å². The van der Waals surface area contributed by atoms with E-state index in [0.29, 0.717) is 11.4 Å². The van der Waals surface area contributed by atoms with Gasteiger partial charge in [-0.25, -0.2) is 18.1 Å². The van der Waals surface area contributed by atoms with Crippen LogP contribution in [-0.4, -0.2) is 38.9 Å². The summed E-state index contributed by atoms with van der Waals surface area (Å²) < 4.78 is 27.7. The van der Waals surface area contributed by atoms with Crippen LogP contribution in [0, 0.1) is 13.8 Å². The predicted molar refractivity (Wildman–Crippen MR) is 96.2 cm³/mol. The van der Waals surface area contributed by atoms with Gasteiger partial charge in [-0.3, -0.25) is 0 Å². The van der Waals surface area contributed by atoms with E-state index in [4.69, 9.17) is 5.73 Å². The molecule has 1 heterocycles. The Morgan fingerprint density at radius 2 is 1.83 bits per heavy atom. The molecule has 1 aromatic heterocycles. The minimum atomic E-state index is -3.64. The molecule has 0 fully saturated rings. The zero-order valence-corrected chi connectivity index (χ0v) is 15.3. The van der Waals surface area contributed by atoms with Crippen LogP contribution in [0.5, 0.6) is 0 Å². The van der Waals surface area contributed by atoms with Crippen LogP contribution in [0.3, 0.4) is 0 Å². The Bertz CT molecular complexity index is 802. The second-order valence-corrected chi connectivity index (χ2v) is 7.88. The topological polar surface area (TPSA) is 88.3 Å². The average molecular weight is 348 g/mol. The Morgan fingerprint density at radius 3 is 2.38 bits per heavy atom. The highest BCUT2D eigenvalue weighted by Gasteiger charge is 2.20. The summed E-state index contributed by atoms with van der Waals surface area (Å²) >= 11 is 0. The summed E-state index contributed by atoms with van der Waals surface area (Å²) in [6, 6.07) is 9.54. The van der Waals surface area contributed by atoms with Gasteiger partial charge in [-0.2, -0.15) is 0 Å². The monoisotopic (exact) mass is 348 g/mol. The molecule has 1 aromatic carbocycles. The third-order valence-electron chi connectivity index (χ3n) is 3.96. The number of aromatic nitrogens is 1. The molecule has 1 atom stereocenters. The normalized spacial score (nSPS) is 13.2. The Labute approximate surface area is 143 Å². The largest absolute Gasteiger partial charge is 0.383 e. The zero-order valence-electron chi connectivity index (χ0n) is 14.4. The molecule has 2 rings (SSSR count). The molecule has 2 aromatic rings. The van der Waals surface area contributed by atoms with Crippen molar-refractivity contribution in [2.75, 3.05) is 26.4 Å². The van der Waals surface area contributed by atoms with E-state index in [2.05, 4.69) is 9.71 Å². The highest BCUT2D eigenvalue weighted by atomic mass is 32.2. The maximum Gasteiger partial charge on any atom is 0.242 e. The van der Waals surface area contributed by atoms with Gasteiger partial charge in [0, 0.05) is 18.8 Å². The lowest BCUT2D eigenvalue weighted by Gasteiger charge is -2.25. The van der Waals surface area contributed by atoms with E-state index in [1.807, 2.05) is 50.2 Å². The third kappa shape index (κ3) is 4.31. The van der Waals surface area contributed by atoms with Gasteiger partial charge in [-0.05, 0) is 45.1 Å². The Morgan fingerprint density at radius 1 is 1.21 bits per heavy atom. The molecule has 0 aliphatic rings. The summed E-state index contributed by atoms with van der Waals surface area (Å²) in [5.41, 5.74) is 8.51. The molecule has 6 nitrogen and oxygen atoms in total. The maximum absolute atomic E-state index is 12.5. The smallest absolute Gasteiger partial charge is 0.242 e. The molecule has 24 heavy (non-hydrogen) atoms. The first kappa shape index (κ1) is 18.4. The van der Waals surface area contributed by atoms with Gasteiger partial charge < -0.3 is 10.6 Å². The zero-order chi connectivity index (χ0) is 17.9. The van der Waals surface area contributed by atoms with E-state index in [9.17, 15) is 8.42 Å². The minimum Gasteiger partial charge on any atom is -0.383 e. The van der Waals surface area contributed by atoms with E-state index in [-0.39, 0.29) is 17.5 Å². The molecule has 3 N–H and O–H groups in total. The van der Waals surface area contributed by atoms with Crippen molar-refractivity contribution < 1.29 is 8.42 Å². The molecule has 7 heteroatoms. The van der Waals surface area contributed by atoms with Gasteiger partial charge in [0.05, 0.1) is 0 Å². The van der Waals surface area contributed by atoms with E-state index in [1.165, 1.54) is 17.8 Å². The molecular weight excluding hydrogens is 324 g/mol. The standard InChI is InChI=1S/C17H24N4O2S/c1-12-5-7-14(8-6-12)16(21(3)4)11-20-24(22,23)15-9-13(2)17(18)19-10-15/h5-10,16,20H,11H2,1-4H3,(H2,18,19). The van der Waals surface area contributed by atoms with Gasteiger partial charge in [0.2, 0.25) is 10.0 Å². The third-order valence-corrected chi connectivity index (χ3v) is 5.35. The van der Waals surface area contributed by atoms with E-state index in [0.717, 1.165) is 5.56 Å². The first-order chi connectivity index (χ1) is 11.2. The van der Waals surface area contributed by atoms with Crippen LogP contribution >= 0.6 is 0 Å². The van der Waals surface area contributed by atoms with Crippen LogP contribution in [0.1, 0.15) is 22.7 Å². The van der Waals surface area contributed by atoms with Crippen molar-refractivity contribution in [1.29, 1.82) is 0 Å². The van der Waals surface area contributed by atoms with E-state index < -0.39 is 10.0 Å². The van der Waals surface area contributed by atoms with Crippen molar-refractivity contribution >= 4 is 15.8 Å². The average Bonchev–Trinajstić information content (AvgIpc) is 2.51. The van der Waals surface area contributed by atoms with Gasteiger partial charge in [-0.1, -0.05) is 29.8 Å². The van der Waals surface area contributed by atoms with Crippen LogP contribution in [-0.2, 0) is 10.0 Å². The van der Waals surface area contributed by atoms with Gasteiger partial charge in [0.25, 0.3) is 0 Å². The number of pyridine rings is 1. The highest BCUT2D eigenvalue weighted by molar-refractivity contribution is 7.89. The fraction of sp³-hybridized carbons (Fsp3) is 0.353. The first-order valence-electron chi connectivity index (χ1n) is 7.65. The molecule has 0 saturated heterocycles. The van der Waals surface area contributed by atoms with Gasteiger partial charge in [0.15, 0.2) is 0 Å². The van der Waals surface area contributed by atoms with Crippen molar-refractivity contribution in [1.82, 2.24) is 14.6 Å². The van der Waals surface area contributed by atoms with Crippen molar-refractivity contribution in [3.63, 3.8) is 0 Å². The summed E-state index contributed by atoms with van der Waals surface area (Å²) in [4.78, 5) is 6.03. The fourth-order valence-electron chi connectivity index (χ4n) is 2.37.